The van der Waals surface area contributed by atoms with Gasteiger partial charge in [0, 0.05) is 4.47 Å². The van der Waals surface area contributed by atoms with Crippen molar-refractivity contribution in [3.63, 3.8) is 0 Å². The van der Waals surface area contributed by atoms with Crippen molar-refractivity contribution in [2.75, 3.05) is 23.4 Å². The Kier molecular flexibility index (Phi) is 7.27. The fourth-order valence-corrected chi connectivity index (χ4v) is 2.54. The number of carbonyl (C=O) groups is 2. The van der Waals surface area contributed by atoms with Crippen molar-refractivity contribution in [1.29, 1.82) is 0 Å². The van der Waals surface area contributed by atoms with Crippen LogP contribution in [0.3, 0.4) is 0 Å². The zero-order chi connectivity index (χ0) is 14.3. The van der Waals surface area contributed by atoms with E-state index in [2.05, 4.69) is 21.2 Å². The first kappa shape index (κ1) is 16.3. The van der Waals surface area contributed by atoms with Gasteiger partial charge in [0.2, 0.25) is 5.91 Å². The summed E-state index contributed by atoms with van der Waals surface area (Å²) in [5.74, 6) is -0.193. The van der Waals surface area contributed by atoms with Gasteiger partial charge in [0.05, 0.1) is 28.8 Å². The van der Waals surface area contributed by atoms with Crippen LogP contribution >= 0.6 is 39.3 Å². The van der Waals surface area contributed by atoms with Gasteiger partial charge in [-0.05, 0) is 25.1 Å². The molecule has 0 radical (unpaired) electrons. The average Bonchev–Trinajstić information content (AvgIpc) is 2.33. The van der Waals surface area contributed by atoms with Crippen molar-refractivity contribution in [2.45, 2.75) is 6.92 Å². The summed E-state index contributed by atoms with van der Waals surface area (Å²) in [6, 6.07) is 5.19. The zero-order valence-electron chi connectivity index (χ0n) is 10.2. The Bertz CT molecular complexity index is 470. The third kappa shape index (κ3) is 6.31. The normalized spacial score (nSPS) is 10.1. The van der Waals surface area contributed by atoms with E-state index in [1.807, 2.05) is 0 Å². The fraction of sp³-hybridized carbons (Fsp3) is 0.333. The molecule has 1 N–H and O–H groups in total. The fourth-order valence-electron chi connectivity index (χ4n) is 1.21. The first-order valence-electron chi connectivity index (χ1n) is 5.51. The summed E-state index contributed by atoms with van der Waals surface area (Å²) in [6.07, 6.45) is 0. The van der Waals surface area contributed by atoms with Gasteiger partial charge in [-0.25, -0.2) is 0 Å². The van der Waals surface area contributed by atoms with Crippen molar-refractivity contribution < 1.29 is 14.3 Å². The summed E-state index contributed by atoms with van der Waals surface area (Å²) < 4.78 is 5.60. The van der Waals surface area contributed by atoms with Crippen LogP contribution in [-0.2, 0) is 14.3 Å². The van der Waals surface area contributed by atoms with Gasteiger partial charge in [-0.3, -0.25) is 9.59 Å². The molecule has 104 valence electrons. The Morgan fingerprint density at radius 2 is 2.16 bits per heavy atom. The van der Waals surface area contributed by atoms with Crippen LogP contribution in [0.25, 0.3) is 0 Å². The second-order valence-electron chi connectivity index (χ2n) is 3.47. The van der Waals surface area contributed by atoms with Crippen molar-refractivity contribution in [1.82, 2.24) is 0 Å². The lowest BCUT2D eigenvalue weighted by atomic mass is 10.3. The Hall–Kier alpha value is -0.720. The molecular formula is C12H13BrClNO3S. The largest absolute Gasteiger partial charge is 0.465 e. The van der Waals surface area contributed by atoms with Crippen LogP contribution in [0.15, 0.2) is 22.7 Å². The molecule has 0 aromatic heterocycles. The lowest BCUT2D eigenvalue weighted by Crippen LogP contribution is -2.16. The van der Waals surface area contributed by atoms with Crippen molar-refractivity contribution in [3.05, 3.63) is 27.7 Å². The minimum absolute atomic E-state index is 0.162. The lowest BCUT2D eigenvalue weighted by molar-refractivity contribution is -0.139. The molecule has 0 saturated carbocycles. The average molecular weight is 367 g/mol. The molecule has 1 rings (SSSR count). The molecule has 0 unspecified atom stereocenters. The van der Waals surface area contributed by atoms with Crippen molar-refractivity contribution in [2.24, 2.45) is 0 Å². The molecule has 4 nitrogen and oxygen atoms in total. The first-order chi connectivity index (χ1) is 9.02. The monoisotopic (exact) mass is 365 g/mol. The van der Waals surface area contributed by atoms with Gasteiger partial charge < -0.3 is 10.1 Å². The van der Waals surface area contributed by atoms with Crippen molar-refractivity contribution >= 4 is 56.9 Å². The number of hydrogen-bond acceptors (Lipinski definition) is 4. The molecule has 0 bridgehead atoms. The smallest absolute Gasteiger partial charge is 0.315 e. The van der Waals surface area contributed by atoms with Crippen LogP contribution in [0, 0.1) is 0 Å². The maximum absolute atomic E-state index is 11.6. The Morgan fingerprint density at radius 1 is 1.42 bits per heavy atom. The van der Waals surface area contributed by atoms with E-state index in [1.165, 1.54) is 11.8 Å². The molecule has 0 atom stereocenters. The molecule has 1 aromatic rings. The quantitative estimate of drug-likeness (QED) is 0.785. The summed E-state index contributed by atoms with van der Waals surface area (Å²) in [4.78, 5) is 22.7. The Balaban J connectivity index is 2.37. The number of nitrogens with one attached hydrogen (secondary N) is 1. The number of benzene rings is 1. The Labute approximate surface area is 129 Å². The van der Waals surface area contributed by atoms with Crippen LogP contribution in [-0.4, -0.2) is 30.0 Å². The SMILES string of the molecule is CCOC(=O)CSCC(=O)Nc1ccc(Br)cc1Cl. The van der Waals surface area contributed by atoms with E-state index in [0.29, 0.717) is 17.3 Å². The number of amides is 1. The number of thioether (sulfide) groups is 1. The number of ether oxygens (including phenoxy) is 1. The predicted molar refractivity (Wildman–Crippen MR) is 81.7 cm³/mol. The summed E-state index contributed by atoms with van der Waals surface area (Å²) >= 11 is 10.5. The highest BCUT2D eigenvalue weighted by molar-refractivity contribution is 9.10. The summed E-state index contributed by atoms with van der Waals surface area (Å²) in [5.41, 5.74) is 0.548. The van der Waals surface area contributed by atoms with E-state index in [1.54, 1.807) is 25.1 Å². The summed E-state index contributed by atoms with van der Waals surface area (Å²) in [5, 5.41) is 3.14. The van der Waals surface area contributed by atoms with E-state index < -0.39 is 0 Å². The van der Waals surface area contributed by atoms with Gasteiger partial charge in [-0.1, -0.05) is 27.5 Å². The molecule has 0 aliphatic heterocycles. The third-order valence-corrected chi connectivity index (χ3v) is 3.68. The number of halogens is 2. The minimum atomic E-state index is -0.318. The first-order valence-corrected chi connectivity index (χ1v) is 7.83. The van der Waals surface area contributed by atoms with E-state index in [9.17, 15) is 9.59 Å². The second kappa shape index (κ2) is 8.45. The standard InChI is InChI=1S/C12H13BrClNO3S/c1-2-18-12(17)7-19-6-11(16)15-10-4-3-8(13)5-9(10)14/h3-5H,2,6-7H2,1H3,(H,15,16). The number of rotatable bonds is 6. The number of hydrogen-bond donors (Lipinski definition) is 1. The number of anilines is 1. The van der Waals surface area contributed by atoms with Crippen LogP contribution in [0.2, 0.25) is 5.02 Å². The lowest BCUT2D eigenvalue weighted by Gasteiger charge is -2.07. The number of esters is 1. The van der Waals surface area contributed by atoms with Crippen LogP contribution in [0.1, 0.15) is 6.92 Å². The predicted octanol–water partition coefficient (Wildman–Crippen LogP) is 3.34. The molecule has 0 aliphatic rings. The number of carbonyl (C=O) groups excluding carboxylic acids is 2. The van der Waals surface area contributed by atoms with E-state index in [0.717, 1.165) is 4.47 Å². The van der Waals surface area contributed by atoms with Gasteiger partial charge in [0.25, 0.3) is 0 Å². The van der Waals surface area contributed by atoms with E-state index >= 15 is 0 Å². The molecule has 0 spiro atoms. The molecule has 0 saturated heterocycles. The summed E-state index contributed by atoms with van der Waals surface area (Å²) in [7, 11) is 0. The van der Waals surface area contributed by atoms with Crippen LogP contribution in [0.4, 0.5) is 5.69 Å². The van der Waals surface area contributed by atoms with Gasteiger partial charge >= 0.3 is 5.97 Å². The van der Waals surface area contributed by atoms with Gasteiger partial charge in [-0.15, -0.1) is 11.8 Å². The van der Waals surface area contributed by atoms with Crippen LogP contribution < -0.4 is 5.32 Å². The maximum atomic E-state index is 11.6. The highest BCUT2D eigenvalue weighted by atomic mass is 79.9. The van der Waals surface area contributed by atoms with Crippen LogP contribution in [0.5, 0.6) is 0 Å². The molecular weight excluding hydrogens is 354 g/mol. The molecule has 1 amide bonds. The van der Waals surface area contributed by atoms with Gasteiger partial charge in [0.15, 0.2) is 0 Å². The van der Waals surface area contributed by atoms with E-state index in [4.69, 9.17) is 16.3 Å². The molecule has 19 heavy (non-hydrogen) atoms. The maximum Gasteiger partial charge on any atom is 0.315 e. The van der Waals surface area contributed by atoms with Gasteiger partial charge in [-0.2, -0.15) is 0 Å². The van der Waals surface area contributed by atoms with Crippen molar-refractivity contribution in [3.8, 4) is 0 Å². The Morgan fingerprint density at radius 3 is 2.79 bits per heavy atom. The van der Waals surface area contributed by atoms with Gasteiger partial charge in [0.1, 0.15) is 0 Å². The highest BCUT2D eigenvalue weighted by Crippen LogP contribution is 2.25. The molecule has 0 heterocycles. The molecule has 7 heteroatoms. The highest BCUT2D eigenvalue weighted by Gasteiger charge is 2.08. The molecule has 0 fully saturated rings. The second-order valence-corrected chi connectivity index (χ2v) is 5.78. The summed E-state index contributed by atoms with van der Waals surface area (Å²) in [6.45, 7) is 2.09. The topological polar surface area (TPSA) is 55.4 Å². The zero-order valence-corrected chi connectivity index (χ0v) is 13.4. The minimum Gasteiger partial charge on any atom is -0.465 e. The molecule has 0 aliphatic carbocycles. The van der Waals surface area contributed by atoms with E-state index in [-0.39, 0.29) is 23.4 Å². The third-order valence-electron chi connectivity index (χ3n) is 1.96. The molecule has 1 aromatic carbocycles.